The van der Waals surface area contributed by atoms with Crippen LogP contribution in [0.3, 0.4) is 0 Å². The molecule has 0 aliphatic carbocycles. The van der Waals surface area contributed by atoms with Crippen molar-refractivity contribution < 1.29 is 13.9 Å². The lowest BCUT2D eigenvalue weighted by Gasteiger charge is -2.36. The maximum atomic E-state index is 13.7. The number of amides is 1. The van der Waals surface area contributed by atoms with Gasteiger partial charge in [-0.25, -0.2) is 4.39 Å². The molecule has 2 aromatic carbocycles. The molecule has 0 atom stereocenters. The van der Waals surface area contributed by atoms with Crippen molar-refractivity contribution in [2.75, 3.05) is 13.2 Å². The van der Waals surface area contributed by atoms with Gasteiger partial charge in [0, 0.05) is 25.3 Å². The molecule has 0 radical (unpaired) electrons. The average Bonchev–Trinajstić information content (AvgIpc) is 2.62. The van der Waals surface area contributed by atoms with E-state index in [-0.39, 0.29) is 18.3 Å². The molecule has 23 heavy (non-hydrogen) atoms. The van der Waals surface area contributed by atoms with E-state index in [1.807, 2.05) is 30.3 Å². The van der Waals surface area contributed by atoms with E-state index in [1.54, 1.807) is 18.2 Å². The van der Waals surface area contributed by atoms with Crippen LogP contribution >= 0.6 is 0 Å². The third-order valence-corrected chi connectivity index (χ3v) is 4.50. The van der Waals surface area contributed by atoms with Gasteiger partial charge in [0.05, 0.1) is 5.41 Å². The van der Waals surface area contributed by atoms with E-state index >= 15 is 0 Å². The fourth-order valence-corrected chi connectivity index (χ4v) is 3.11. The first-order chi connectivity index (χ1) is 11.2. The summed E-state index contributed by atoms with van der Waals surface area (Å²) in [6.07, 6.45) is 1.28. The van der Waals surface area contributed by atoms with Gasteiger partial charge in [-0.15, -0.1) is 0 Å². The zero-order chi connectivity index (χ0) is 16.1. The molecule has 1 saturated heterocycles. The number of benzene rings is 2. The number of rotatable bonds is 4. The van der Waals surface area contributed by atoms with Crippen LogP contribution in [-0.4, -0.2) is 19.1 Å². The summed E-state index contributed by atoms with van der Waals surface area (Å²) in [5, 5.41) is 2.91. The van der Waals surface area contributed by atoms with E-state index in [1.165, 1.54) is 6.07 Å². The van der Waals surface area contributed by atoms with E-state index in [0.717, 1.165) is 5.56 Å². The highest BCUT2D eigenvalue weighted by Crippen LogP contribution is 2.35. The van der Waals surface area contributed by atoms with Crippen LogP contribution in [0.4, 0.5) is 4.39 Å². The minimum Gasteiger partial charge on any atom is -0.381 e. The Bertz CT molecular complexity index is 666. The lowest BCUT2D eigenvalue weighted by molar-refractivity contribution is -0.130. The van der Waals surface area contributed by atoms with Crippen molar-refractivity contribution in [3.63, 3.8) is 0 Å². The fourth-order valence-electron chi connectivity index (χ4n) is 3.11. The molecule has 0 bridgehead atoms. The molecule has 0 spiro atoms. The Labute approximate surface area is 135 Å². The van der Waals surface area contributed by atoms with Gasteiger partial charge in [-0.05, 0) is 24.5 Å². The van der Waals surface area contributed by atoms with Gasteiger partial charge < -0.3 is 10.1 Å². The highest BCUT2D eigenvalue weighted by atomic mass is 19.1. The molecule has 3 nitrogen and oxygen atoms in total. The molecule has 1 fully saturated rings. The standard InChI is InChI=1S/C19H20FNO2/c20-17-9-5-4-6-15(17)14-21-18(22)19(10-12-23-13-11-19)16-7-2-1-3-8-16/h1-9H,10-14H2,(H,21,22). The predicted molar refractivity (Wildman–Crippen MR) is 86.4 cm³/mol. The summed E-state index contributed by atoms with van der Waals surface area (Å²) in [6, 6.07) is 16.3. The Balaban J connectivity index is 1.80. The zero-order valence-corrected chi connectivity index (χ0v) is 12.9. The molecular formula is C19H20FNO2. The topological polar surface area (TPSA) is 38.3 Å². The van der Waals surface area contributed by atoms with E-state index in [2.05, 4.69) is 5.32 Å². The van der Waals surface area contributed by atoms with Crippen LogP contribution in [0.15, 0.2) is 54.6 Å². The Morgan fingerprint density at radius 3 is 2.39 bits per heavy atom. The summed E-state index contributed by atoms with van der Waals surface area (Å²) >= 11 is 0. The second-order valence-electron chi connectivity index (χ2n) is 5.83. The summed E-state index contributed by atoms with van der Waals surface area (Å²) in [5.74, 6) is -0.358. The van der Waals surface area contributed by atoms with Crippen LogP contribution in [-0.2, 0) is 21.5 Å². The second-order valence-corrected chi connectivity index (χ2v) is 5.83. The molecule has 4 heteroatoms. The van der Waals surface area contributed by atoms with Crippen molar-refractivity contribution in [2.24, 2.45) is 0 Å². The van der Waals surface area contributed by atoms with Crippen LogP contribution in [0.25, 0.3) is 0 Å². The van der Waals surface area contributed by atoms with E-state index in [9.17, 15) is 9.18 Å². The van der Waals surface area contributed by atoms with Crippen LogP contribution in [0.5, 0.6) is 0 Å². The van der Waals surface area contributed by atoms with Crippen LogP contribution < -0.4 is 5.32 Å². The predicted octanol–water partition coefficient (Wildman–Crippen LogP) is 3.19. The second kappa shape index (κ2) is 6.92. The molecule has 0 unspecified atom stereocenters. The fraction of sp³-hybridized carbons (Fsp3) is 0.316. The molecule has 1 aliphatic heterocycles. The number of carbonyl (C=O) groups is 1. The van der Waals surface area contributed by atoms with Crippen molar-refractivity contribution in [1.29, 1.82) is 0 Å². The van der Waals surface area contributed by atoms with Gasteiger partial charge in [0.2, 0.25) is 5.91 Å². The first-order valence-electron chi connectivity index (χ1n) is 7.87. The summed E-state index contributed by atoms with van der Waals surface area (Å²) in [7, 11) is 0. The Hall–Kier alpha value is -2.20. The monoisotopic (exact) mass is 313 g/mol. The van der Waals surface area contributed by atoms with Crippen molar-refractivity contribution >= 4 is 5.91 Å². The molecular weight excluding hydrogens is 293 g/mol. The minimum absolute atomic E-state index is 0.0600. The summed E-state index contributed by atoms with van der Waals surface area (Å²) in [4.78, 5) is 12.9. The third-order valence-electron chi connectivity index (χ3n) is 4.50. The highest BCUT2D eigenvalue weighted by Gasteiger charge is 2.41. The van der Waals surface area contributed by atoms with Crippen LogP contribution in [0, 0.1) is 5.82 Å². The molecule has 2 aromatic rings. The van der Waals surface area contributed by atoms with Gasteiger partial charge in [-0.3, -0.25) is 4.79 Å². The van der Waals surface area contributed by atoms with Crippen LogP contribution in [0.2, 0.25) is 0 Å². The number of halogens is 1. The number of hydrogen-bond donors (Lipinski definition) is 1. The van der Waals surface area contributed by atoms with Crippen molar-refractivity contribution in [3.05, 3.63) is 71.5 Å². The van der Waals surface area contributed by atoms with E-state index < -0.39 is 5.41 Å². The van der Waals surface area contributed by atoms with Gasteiger partial charge in [0.25, 0.3) is 0 Å². The Morgan fingerprint density at radius 2 is 1.70 bits per heavy atom. The smallest absolute Gasteiger partial charge is 0.231 e. The zero-order valence-electron chi connectivity index (χ0n) is 12.9. The number of hydrogen-bond acceptors (Lipinski definition) is 2. The summed E-state index contributed by atoms with van der Waals surface area (Å²) in [5.41, 5.74) is 0.899. The van der Waals surface area contributed by atoms with E-state index in [4.69, 9.17) is 4.74 Å². The van der Waals surface area contributed by atoms with Gasteiger partial charge in [0.1, 0.15) is 5.82 Å². The Morgan fingerprint density at radius 1 is 1.04 bits per heavy atom. The highest BCUT2D eigenvalue weighted by molar-refractivity contribution is 5.88. The number of ether oxygens (including phenoxy) is 1. The molecule has 0 saturated carbocycles. The number of carbonyl (C=O) groups excluding carboxylic acids is 1. The molecule has 3 rings (SSSR count). The summed E-state index contributed by atoms with van der Waals surface area (Å²) < 4.78 is 19.2. The first kappa shape index (κ1) is 15.7. The minimum atomic E-state index is -0.592. The maximum absolute atomic E-state index is 13.7. The molecule has 1 N–H and O–H groups in total. The van der Waals surface area contributed by atoms with E-state index in [0.29, 0.717) is 31.6 Å². The largest absolute Gasteiger partial charge is 0.381 e. The SMILES string of the molecule is O=C(NCc1ccccc1F)C1(c2ccccc2)CCOCC1. The lowest BCUT2D eigenvalue weighted by atomic mass is 9.73. The quantitative estimate of drug-likeness (QED) is 0.941. The first-order valence-corrected chi connectivity index (χ1v) is 7.87. The van der Waals surface area contributed by atoms with Gasteiger partial charge in [0.15, 0.2) is 0 Å². The molecule has 1 amide bonds. The average molecular weight is 313 g/mol. The van der Waals surface area contributed by atoms with Crippen molar-refractivity contribution in [2.45, 2.75) is 24.8 Å². The summed E-state index contributed by atoms with van der Waals surface area (Å²) in [6.45, 7) is 1.31. The van der Waals surface area contributed by atoms with Crippen molar-refractivity contribution in [3.8, 4) is 0 Å². The molecule has 1 heterocycles. The molecule has 0 aromatic heterocycles. The molecule has 1 aliphatic rings. The van der Waals surface area contributed by atoms with Gasteiger partial charge in [-0.1, -0.05) is 48.5 Å². The normalized spacial score (nSPS) is 16.7. The third kappa shape index (κ3) is 3.27. The van der Waals surface area contributed by atoms with Crippen molar-refractivity contribution in [1.82, 2.24) is 5.32 Å². The maximum Gasteiger partial charge on any atom is 0.231 e. The number of nitrogens with one attached hydrogen (secondary N) is 1. The van der Waals surface area contributed by atoms with Gasteiger partial charge >= 0.3 is 0 Å². The van der Waals surface area contributed by atoms with Crippen LogP contribution in [0.1, 0.15) is 24.0 Å². The Kier molecular flexibility index (Phi) is 4.72. The lowest BCUT2D eigenvalue weighted by Crippen LogP contribution is -2.47. The van der Waals surface area contributed by atoms with Gasteiger partial charge in [-0.2, -0.15) is 0 Å². The molecule has 120 valence electrons.